The lowest BCUT2D eigenvalue weighted by Crippen LogP contribution is -2.32. The molecule has 0 aliphatic carbocycles. The molecule has 0 fully saturated rings. The van der Waals surface area contributed by atoms with Crippen molar-refractivity contribution < 1.29 is 0 Å². The zero-order valence-electron chi connectivity index (χ0n) is 11.9. The third-order valence-electron chi connectivity index (χ3n) is 3.31. The highest BCUT2D eigenvalue weighted by atomic mass is 14.9. The molecule has 0 spiro atoms. The molecule has 0 radical (unpaired) electrons. The molecular weight excluding hydrogens is 232 g/mol. The largest absolute Gasteiger partial charge is 0.315 e. The van der Waals surface area contributed by atoms with E-state index in [9.17, 15) is 0 Å². The van der Waals surface area contributed by atoms with E-state index in [0.29, 0.717) is 6.04 Å². The maximum absolute atomic E-state index is 3.49. The standard InChI is InChI=1S/C17H24N2/c1-14(2)19-13-12-18-11-10-16-8-5-7-15-6-3-4-9-17(15)16/h3-9,14,18-19H,10-13H2,1-2H3. The molecule has 0 aliphatic heterocycles. The Morgan fingerprint density at radius 2 is 1.68 bits per heavy atom. The second-order valence-electron chi connectivity index (χ2n) is 5.25. The van der Waals surface area contributed by atoms with Gasteiger partial charge in [0.25, 0.3) is 0 Å². The summed E-state index contributed by atoms with van der Waals surface area (Å²) in [5.41, 5.74) is 1.43. The summed E-state index contributed by atoms with van der Waals surface area (Å²) in [5.74, 6) is 0. The van der Waals surface area contributed by atoms with Crippen LogP contribution in [0.4, 0.5) is 0 Å². The summed E-state index contributed by atoms with van der Waals surface area (Å²) < 4.78 is 0. The van der Waals surface area contributed by atoms with Crippen LogP contribution < -0.4 is 10.6 Å². The molecule has 0 saturated heterocycles. The zero-order valence-corrected chi connectivity index (χ0v) is 11.9. The zero-order chi connectivity index (χ0) is 13.5. The molecular formula is C17H24N2. The first-order valence-corrected chi connectivity index (χ1v) is 7.18. The van der Waals surface area contributed by atoms with E-state index < -0.39 is 0 Å². The van der Waals surface area contributed by atoms with Crippen molar-refractivity contribution in [2.45, 2.75) is 26.3 Å². The van der Waals surface area contributed by atoms with Gasteiger partial charge >= 0.3 is 0 Å². The van der Waals surface area contributed by atoms with Crippen LogP contribution >= 0.6 is 0 Å². The first kappa shape index (κ1) is 14.0. The highest BCUT2D eigenvalue weighted by Gasteiger charge is 1.99. The third kappa shape index (κ3) is 4.34. The predicted octanol–water partition coefficient (Wildman–Crippen LogP) is 2.97. The third-order valence-corrected chi connectivity index (χ3v) is 3.31. The smallest absolute Gasteiger partial charge is 0.00790 e. The van der Waals surface area contributed by atoms with Crippen LogP contribution in [0, 0.1) is 0 Å². The lowest BCUT2D eigenvalue weighted by molar-refractivity contribution is 0.557. The van der Waals surface area contributed by atoms with Crippen molar-refractivity contribution in [1.82, 2.24) is 10.6 Å². The lowest BCUT2D eigenvalue weighted by Gasteiger charge is -2.10. The van der Waals surface area contributed by atoms with Crippen LogP contribution in [-0.2, 0) is 6.42 Å². The van der Waals surface area contributed by atoms with Gasteiger partial charge in [-0.15, -0.1) is 0 Å². The molecule has 0 saturated carbocycles. The average molecular weight is 256 g/mol. The van der Waals surface area contributed by atoms with E-state index in [4.69, 9.17) is 0 Å². The number of rotatable bonds is 7. The van der Waals surface area contributed by atoms with E-state index in [0.717, 1.165) is 26.1 Å². The SMILES string of the molecule is CC(C)NCCNCCc1cccc2ccccc12. The summed E-state index contributed by atoms with van der Waals surface area (Å²) in [4.78, 5) is 0. The molecule has 2 aromatic carbocycles. The highest BCUT2D eigenvalue weighted by Crippen LogP contribution is 2.18. The molecule has 2 N–H and O–H groups in total. The van der Waals surface area contributed by atoms with Crippen molar-refractivity contribution in [2.75, 3.05) is 19.6 Å². The van der Waals surface area contributed by atoms with Gasteiger partial charge in [-0.2, -0.15) is 0 Å². The Bertz CT molecular complexity index is 500. The van der Waals surface area contributed by atoms with Crippen molar-refractivity contribution in [3.8, 4) is 0 Å². The summed E-state index contributed by atoms with van der Waals surface area (Å²) in [6, 6.07) is 15.7. The van der Waals surface area contributed by atoms with E-state index in [1.807, 2.05) is 0 Å². The van der Waals surface area contributed by atoms with Crippen LogP contribution in [0.5, 0.6) is 0 Å². The van der Waals surface area contributed by atoms with E-state index in [1.165, 1.54) is 16.3 Å². The molecule has 102 valence electrons. The number of nitrogens with one attached hydrogen (secondary N) is 2. The Labute approximate surface area is 116 Å². The van der Waals surface area contributed by atoms with Crippen molar-refractivity contribution in [3.05, 3.63) is 48.0 Å². The fourth-order valence-electron chi connectivity index (χ4n) is 2.31. The quantitative estimate of drug-likeness (QED) is 0.744. The first-order chi connectivity index (χ1) is 9.27. The molecule has 0 heterocycles. The van der Waals surface area contributed by atoms with Crippen LogP contribution in [-0.4, -0.2) is 25.7 Å². The fraction of sp³-hybridized carbons (Fsp3) is 0.412. The van der Waals surface area contributed by atoms with Crippen molar-refractivity contribution in [3.63, 3.8) is 0 Å². The number of benzene rings is 2. The van der Waals surface area contributed by atoms with Crippen LogP contribution in [0.3, 0.4) is 0 Å². The molecule has 0 aromatic heterocycles. The van der Waals surface area contributed by atoms with Gasteiger partial charge in [-0.1, -0.05) is 56.3 Å². The maximum atomic E-state index is 3.49. The second kappa shape index (κ2) is 7.27. The summed E-state index contributed by atoms with van der Waals surface area (Å²) in [6.07, 6.45) is 1.09. The number of hydrogen-bond acceptors (Lipinski definition) is 2. The van der Waals surface area contributed by atoms with Crippen LogP contribution in [0.25, 0.3) is 10.8 Å². The molecule has 0 aliphatic rings. The molecule has 2 heteroatoms. The summed E-state index contributed by atoms with van der Waals surface area (Å²) in [5, 5.41) is 9.62. The van der Waals surface area contributed by atoms with Gasteiger partial charge in [0.1, 0.15) is 0 Å². The molecule has 2 rings (SSSR count). The fourth-order valence-corrected chi connectivity index (χ4v) is 2.31. The van der Waals surface area contributed by atoms with Crippen molar-refractivity contribution in [1.29, 1.82) is 0 Å². The van der Waals surface area contributed by atoms with E-state index in [2.05, 4.69) is 66.9 Å². The second-order valence-corrected chi connectivity index (χ2v) is 5.25. The van der Waals surface area contributed by atoms with E-state index >= 15 is 0 Å². The first-order valence-electron chi connectivity index (χ1n) is 7.18. The summed E-state index contributed by atoms with van der Waals surface area (Å²) >= 11 is 0. The van der Waals surface area contributed by atoms with Gasteiger partial charge in [0, 0.05) is 19.1 Å². The van der Waals surface area contributed by atoms with E-state index in [1.54, 1.807) is 0 Å². The lowest BCUT2D eigenvalue weighted by atomic mass is 10.0. The molecule has 2 aromatic rings. The topological polar surface area (TPSA) is 24.1 Å². The Morgan fingerprint density at radius 3 is 2.53 bits per heavy atom. The van der Waals surface area contributed by atoms with Gasteiger partial charge in [-0.25, -0.2) is 0 Å². The molecule has 0 amide bonds. The minimum absolute atomic E-state index is 0.569. The van der Waals surface area contributed by atoms with Crippen LogP contribution in [0.1, 0.15) is 19.4 Å². The maximum Gasteiger partial charge on any atom is 0.00790 e. The van der Waals surface area contributed by atoms with Crippen LogP contribution in [0.2, 0.25) is 0 Å². The van der Waals surface area contributed by atoms with Gasteiger partial charge < -0.3 is 10.6 Å². The van der Waals surface area contributed by atoms with Crippen LogP contribution in [0.15, 0.2) is 42.5 Å². The molecule has 19 heavy (non-hydrogen) atoms. The van der Waals surface area contributed by atoms with Gasteiger partial charge in [-0.05, 0) is 29.3 Å². The minimum Gasteiger partial charge on any atom is -0.315 e. The van der Waals surface area contributed by atoms with Gasteiger partial charge in [-0.3, -0.25) is 0 Å². The number of fused-ring (bicyclic) bond motifs is 1. The monoisotopic (exact) mass is 256 g/mol. The summed E-state index contributed by atoms with van der Waals surface area (Å²) in [7, 11) is 0. The average Bonchev–Trinajstić information content (AvgIpc) is 2.42. The normalized spacial score (nSPS) is 11.3. The molecule has 0 atom stereocenters. The summed E-state index contributed by atoms with van der Waals surface area (Å²) in [6.45, 7) is 7.45. The minimum atomic E-state index is 0.569. The molecule has 0 bridgehead atoms. The number of hydrogen-bond donors (Lipinski definition) is 2. The highest BCUT2D eigenvalue weighted by molar-refractivity contribution is 5.85. The molecule has 0 unspecified atom stereocenters. The van der Waals surface area contributed by atoms with Crippen molar-refractivity contribution in [2.24, 2.45) is 0 Å². The van der Waals surface area contributed by atoms with E-state index in [-0.39, 0.29) is 0 Å². The molecule has 2 nitrogen and oxygen atoms in total. The Kier molecular flexibility index (Phi) is 5.37. The Hall–Kier alpha value is -1.38. The Morgan fingerprint density at radius 1 is 0.895 bits per heavy atom. The predicted molar refractivity (Wildman–Crippen MR) is 83.7 cm³/mol. The van der Waals surface area contributed by atoms with Crippen molar-refractivity contribution >= 4 is 10.8 Å². The van der Waals surface area contributed by atoms with Gasteiger partial charge in [0.15, 0.2) is 0 Å². The van der Waals surface area contributed by atoms with Gasteiger partial charge in [0.05, 0.1) is 0 Å². The van der Waals surface area contributed by atoms with Gasteiger partial charge in [0.2, 0.25) is 0 Å². The Balaban J connectivity index is 1.82.